The van der Waals surface area contributed by atoms with Crippen molar-refractivity contribution in [3.8, 4) is 0 Å². The summed E-state index contributed by atoms with van der Waals surface area (Å²) in [5, 5.41) is 0. The molecule has 0 aliphatic carbocycles. The minimum atomic E-state index is 0.164. The molecule has 4 nitrogen and oxygen atoms in total. The van der Waals surface area contributed by atoms with Gasteiger partial charge in [-0.05, 0) is 42.1 Å². The summed E-state index contributed by atoms with van der Waals surface area (Å²) in [4.78, 5) is 19.6. The molecule has 3 aromatic carbocycles. The Morgan fingerprint density at radius 3 is 2.25 bits per heavy atom. The second-order valence-electron chi connectivity index (χ2n) is 9.90. The molecular weight excluding hydrogens is 442 g/mol. The number of rotatable bonds is 12. The van der Waals surface area contributed by atoms with Gasteiger partial charge in [0, 0.05) is 57.8 Å². The first-order valence-electron chi connectivity index (χ1n) is 13.1. The Labute approximate surface area is 216 Å². The summed E-state index contributed by atoms with van der Waals surface area (Å²) in [6, 6.07) is 31.6. The molecule has 36 heavy (non-hydrogen) atoms. The highest BCUT2D eigenvalue weighted by molar-refractivity contribution is 5.92. The first-order chi connectivity index (χ1) is 17.6. The van der Waals surface area contributed by atoms with Crippen molar-refractivity contribution in [3.05, 3.63) is 115 Å². The normalized spacial score (nSPS) is 17.8. The predicted octanol–water partition coefficient (Wildman–Crippen LogP) is 5.83. The molecule has 1 aliphatic rings. The third kappa shape index (κ3) is 7.16. The zero-order chi connectivity index (χ0) is 25.2. The number of likely N-dealkylation sites (tertiary alicyclic amines) is 1. The zero-order valence-electron chi connectivity index (χ0n) is 21.5. The van der Waals surface area contributed by atoms with E-state index in [0.29, 0.717) is 18.3 Å². The summed E-state index contributed by atoms with van der Waals surface area (Å²) in [5.41, 5.74) is 3.74. The van der Waals surface area contributed by atoms with Crippen molar-refractivity contribution in [1.29, 1.82) is 0 Å². The molecule has 2 unspecified atom stereocenters. The number of nitrogens with zero attached hydrogens (tertiary/aromatic N) is 3. The number of hydrogen-bond acceptors (Lipinski definition) is 3. The van der Waals surface area contributed by atoms with Crippen LogP contribution in [-0.2, 0) is 11.3 Å². The maximum absolute atomic E-state index is 12.8. The number of carbonyl (C=O) groups is 1. The Balaban J connectivity index is 1.37. The smallest absolute Gasteiger partial charge is 0.226 e. The summed E-state index contributed by atoms with van der Waals surface area (Å²) in [6.07, 6.45) is 3.39. The lowest BCUT2D eigenvalue weighted by molar-refractivity contribution is -0.118. The number of amides is 1. The quantitative estimate of drug-likeness (QED) is 0.304. The molecular formula is C32H39N3O. The van der Waals surface area contributed by atoms with Gasteiger partial charge >= 0.3 is 0 Å². The van der Waals surface area contributed by atoms with Crippen LogP contribution in [0.1, 0.15) is 29.9 Å². The van der Waals surface area contributed by atoms with Gasteiger partial charge in [0.1, 0.15) is 0 Å². The van der Waals surface area contributed by atoms with Crippen molar-refractivity contribution in [1.82, 2.24) is 9.80 Å². The number of benzene rings is 3. The molecule has 4 heteroatoms. The molecule has 1 amide bonds. The van der Waals surface area contributed by atoms with Gasteiger partial charge in [0.15, 0.2) is 0 Å². The highest BCUT2D eigenvalue weighted by Gasteiger charge is 2.34. The third-order valence-electron chi connectivity index (χ3n) is 7.26. The first kappa shape index (κ1) is 25.9. The van der Waals surface area contributed by atoms with Gasteiger partial charge < -0.3 is 4.90 Å². The number of carbonyl (C=O) groups excluding carboxylic acids is 1. The van der Waals surface area contributed by atoms with Crippen molar-refractivity contribution < 1.29 is 4.79 Å². The van der Waals surface area contributed by atoms with E-state index in [1.54, 1.807) is 4.90 Å². The van der Waals surface area contributed by atoms with E-state index in [1.807, 2.05) is 43.5 Å². The largest absolute Gasteiger partial charge is 0.316 e. The average molecular weight is 482 g/mol. The van der Waals surface area contributed by atoms with E-state index in [9.17, 15) is 4.79 Å². The van der Waals surface area contributed by atoms with Crippen molar-refractivity contribution in [3.63, 3.8) is 0 Å². The Hall–Kier alpha value is -3.21. The van der Waals surface area contributed by atoms with Crippen LogP contribution < -0.4 is 4.90 Å². The molecule has 1 heterocycles. The van der Waals surface area contributed by atoms with Crippen LogP contribution >= 0.6 is 0 Å². The van der Waals surface area contributed by atoms with E-state index in [1.165, 1.54) is 11.1 Å². The topological polar surface area (TPSA) is 26.8 Å². The molecule has 1 aliphatic heterocycles. The molecule has 2 atom stereocenters. The van der Waals surface area contributed by atoms with Crippen molar-refractivity contribution in [2.45, 2.75) is 25.3 Å². The summed E-state index contributed by atoms with van der Waals surface area (Å²) in [7, 11) is 1.86. The highest BCUT2D eigenvalue weighted by Crippen LogP contribution is 2.34. The van der Waals surface area contributed by atoms with Gasteiger partial charge in [-0.15, -0.1) is 6.58 Å². The van der Waals surface area contributed by atoms with Crippen molar-refractivity contribution in [2.75, 3.05) is 44.7 Å². The van der Waals surface area contributed by atoms with Crippen LogP contribution in [0.2, 0.25) is 0 Å². The van der Waals surface area contributed by atoms with Gasteiger partial charge in [0.25, 0.3) is 0 Å². The standard InChI is InChI=1S/C32H39N3O/c1-3-21-34(22-13-20-32(36)33(2)30-18-11-6-12-19-30)24-29-25-35(23-27-14-7-4-8-15-27)26-31(29)28-16-9-5-10-17-28/h3-12,14-19,29,31H,1,13,20-26H2,2H3. The van der Waals surface area contributed by atoms with Crippen LogP contribution in [0, 0.1) is 5.92 Å². The third-order valence-corrected chi connectivity index (χ3v) is 7.26. The molecule has 0 saturated carbocycles. The summed E-state index contributed by atoms with van der Waals surface area (Å²) in [6.45, 7) is 9.91. The van der Waals surface area contributed by atoms with Crippen LogP contribution in [0.3, 0.4) is 0 Å². The van der Waals surface area contributed by atoms with E-state index in [0.717, 1.165) is 51.4 Å². The van der Waals surface area contributed by atoms with E-state index < -0.39 is 0 Å². The van der Waals surface area contributed by atoms with E-state index in [2.05, 4.69) is 77.0 Å². The minimum absolute atomic E-state index is 0.164. The molecule has 0 radical (unpaired) electrons. The summed E-state index contributed by atoms with van der Waals surface area (Å²) in [5.74, 6) is 1.21. The Morgan fingerprint density at radius 1 is 0.944 bits per heavy atom. The fourth-order valence-electron chi connectivity index (χ4n) is 5.38. The van der Waals surface area contributed by atoms with Crippen LogP contribution in [0.5, 0.6) is 0 Å². The van der Waals surface area contributed by atoms with Gasteiger partial charge in [-0.25, -0.2) is 0 Å². The lowest BCUT2D eigenvalue weighted by Gasteiger charge is -2.28. The fraction of sp³-hybridized carbons (Fsp3) is 0.344. The van der Waals surface area contributed by atoms with Gasteiger partial charge in [-0.3, -0.25) is 14.6 Å². The summed E-state index contributed by atoms with van der Waals surface area (Å²) >= 11 is 0. The Morgan fingerprint density at radius 2 is 1.58 bits per heavy atom. The molecule has 0 bridgehead atoms. The van der Waals surface area contributed by atoms with Crippen LogP contribution in [0.25, 0.3) is 0 Å². The van der Waals surface area contributed by atoms with Gasteiger partial charge in [0.2, 0.25) is 5.91 Å². The molecule has 0 aromatic heterocycles. The second-order valence-corrected chi connectivity index (χ2v) is 9.90. The lowest BCUT2D eigenvalue weighted by atomic mass is 9.88. The van der Waals surface area contributed by atoms with Crippen LogP contribution in [0.15, 0.2) is 104 Å². The zero-order valence-corrected chi connectivity index (χ0v) is 21.5. The number of hydrogen-bond donors (Lipinski definition) is 0. The lowest BCUT2D eigenvalue weighted by Crippen LogP contribution is -2.34. The van der Waals surface area contributed by atoms with Gasteiger partial charge in [-0.2, -0.15) is 0 Å². The molecule has 3 aromatic rings. The van der Waals surface area contributed by atoms with Crippen LogP contribution in [0.4, 0.5) is 5.69 Å². The molecule has 1 fully saturated rings. The molecule has 0 N–H and O–H groups in total. The molecule has 1 saturated heterocycles. The van der Waals surface area contributed by atoms with E-state index in [4.69, 9.17) is 0 Å². The molecule has 4 rings (SSSR count). The number of anilines is 1. The number of para-hydroxylation sites is 1. The van der Waals surface area contributed by atoms with E-state index in [-0.39, 0.29) is 5.91 Å². The first-order valence-corrected chi connectivity index (χ1v) is 13.1. The average Bonchev–Trinajstić information content (AvgIpc) is 3.31. The summed E-state index contributed by atoms with van der Waals surface area (Å²) < 4.78 is 0. The fourth-order valence-corrected chi connectivity index (χ4v) is 5.38. The Kier molecular flexibility index (Phi) is 9.48. The monoisotopic (exact) mass is 481 g/mol. The highest BCUT2D eigenvalue weighted by atomic mass is 16.2. The van der Waals surface area contributed by atoms with Gasteiger partial charge in [0.05, 0.1) is 0 Å². The van der Waals surface area contributed by atoms with Crippen molar-refractivity contribution >= 4 is 11.6 Å². The molecule has 188 valence electrons. The van der Waals surface area contributed by atoms with Crippen molar-refractivity contribution in [2.24, 2.45) is 5.92 Å². The maximum atomic E-state index is 12.8. The second kappa shape index (κ2) is 13.2. The maximum Gasteiger partial charge on any atom is 0.226 e. The predicted molar refractivity (Wildman–Crippen MR) is 150 cm³/mol. The minimum Gasteiger partial charge on any atom is -0.316 e. The van der Waals surface area contributed by atoms with E-state index >= 15 is 0 Å². The molecule has 0 spiro atoms. The van der Waals surface area contributed by atoms with Gasteiger partial charge in [-0.1, -0.05) is 84.9 Å². The van der Waals surface area contributed by atoms with Crippen LogP contribution in [-0.4, -0.2) is 55.5 Å². The SMILES string of the molecule is C=CCN(CCCC(=O)N(C)c1ccccc1)CC1CN(Cc2ccccc2)CC1c1ccccc1. The Bertz CT molecular complexity index is 1070.